The minimum atomic E-state index is -0.149. The summed E-state index contributed by atoms with van der Waals surface area (Å²) in [6, 6.07) is 5.46. The maximum Gasteiger partial charge on any atom is 0.254 e. The molecular formula is C13H17BrN2O2. The number of hydrogen-bond acceptors (Lipinski definition) is 2. The Labute approximate surface area is 116 Å². The molecule has 0 heterocycles. The topological polar surface area (TPSA) is 40.6 Å². The van der Waals surface area contributed by atoms with Crippen LogP contribution in [0.3, 0.4) is 0 Å². The second-order valence-electron chi connectivity index (χ2n) is 4.36. The molecule has 0 bridgehead atoms. The predicted molar refractivity (Wildman–Crippen MR) is 74.5 cm³/mol. The van der Waals surface area contributed by atoms with Gasteiger partial charge in [0.1, 0.15) is 0 Å². The maximum atomic E-state index is 12.2. The molecule has 0 saturated heterocycles. The van der Waals surface area contributed by atoms with Crippen LogP contribution in [0.4, 0.5) is 0 Å². The predicted octanol–water partition coefficient (Wildman–Crippen LogP) is 1.92. The standard InChI is InChI=1S/C13H17BrN2O2/c1-9-10(6-5-7-11(9)14)13(18)16(4)8-12(17)15(2)3/h5-7H,8H2,1-4H3. The van der Waals surface area contributed by atoms with Crippen molar-refractivity contribution in [3.05, 3.63) is 33.8 Å². The number of hydrogen-bond donors (Lipinski definition) is 0. The number of halogens is 1. The van der Waals surface area contributed by atoms with Crippen molar-refractivity contribution in [1.82, 2.24) is 9.80 Å². The van der Waals surface area contributed by atoms with Gasteiger partial charge in [0.15, 0.2) is 0 Å². The van der Waals surface area contributed by atoms with Crippen molar-refractivity contribution in [2.75, 3.05) is 27.7 Å². The Hall–Kier alpha value is -1.36. The molecule has 4 nitrogen and oxygen atoms in total. The Morgan fingerprint density at radius 3 is 2.39 bits per heavy atom. The van der Waals surface area contributed by atoms with E-state index in [2.05, 4.69) is 15.9 Å². The monoisotopic (exact) mass is 312 g/mol. The van der Waals surface area contributed by atoms with E-state index >= 15 is 0 Å². The minimum absolute atomic E-state index is 0.0811. The van der Waals surface area contributed by atoms with Gasteiger partial charge in [0.2, 0.25) is 5.91 Å². The number of carbonyl (C=O) groups excluding carboxylic acids is 2. The first-order chi connectivity index (χ1) is 8.34. The zero-order chi connectivity index (χ0) is 13.9. The molecule has 0 aliphatic carbocycles. The number of nitrogens with zero attached hydrogens (tertiary/aromatic N) is 2. The molecule has 0 unspecified atom stereocenters. The lowest BCUT2D eigenvalue weighted by atomic mass is 10.1. The van der Waals surface area contributed by atoms with Gasteiger partial charge in [-0.3, -0.25) is 9.59 Å². The van der Waals surface area contributed by atoms with E-state index in [9.17, 15) is 9.59 Å². The lowest BCUT2D eigenvalue weighted by molar-refractivity contribution is -0.129. The van der Waals surface area contributed by atoms with Gasteiger partial charge in [-0.2, -0.15) is 0 Å². The summed E-state index contributed by atoms with van der Waals surface area (Å²) >= 11 is 3.39. The molecule has 1 aromatic rings. The second-order valence-corrected chi connectivity index (χ2v) is 5.22. The summed E-state index contributed by atoms with van der Waals surface area (Å²) in [5.41, 5.74) is 1.49. The number of amides is 2. The first-order valence-corrected chi connectivity index (χ1v) is 6.34. The Morgan fingerprint density at radius 1 is 1.22 bits per heavy atom. The summed E-state index contributed by atoms with van der Waals surface area (Å²) in [4.78, 5) is 26.7. The van der Waals surface area contributed by atoms with Crippen molar-refractivity contribution in [3.8, 4) is 0 Å². The Kier molecular flexibility index (Phi) is 4.90. The van der Waals surface area contributed by atoms with E-state index in [0.29, 0.717) is 5.56 Å². The average Bonchev–Trinajstić information content (AvgIpc) is 2.31. The molecule has 1 aromatic carbocycles. The number of likely N-dealkylation sites (N-methyl/N-ethyl adjacent to an activating group) is 2. The second kappa shape index (κ2) is 6.00. The first-order valence-electron chi connectivity index (χ1n) is 5.55. The molecule has 98 valence electrons. The normalized spacial score (nSPS) is 10.1. The molecule has 0 aliphatic heterocycles. The van der Waals surface area contributed by atoms with Gasteiger partial charge in [-0.05, 0) is 24.6 Å². The summed E-state index contributed by atoms with van der Waals surface area (Å²) in [5, 5.41) is 0. The lowest BCUT2D eigenvalue weighted by Crippen LogP contribution is -2.38. The number of rotatable bonds is 3. The van der Waals surface area contributed by atoms with E-state index < -0.39 is 0 Å². The van der Waals surface area contributed by atoms with E-state index in [1.807, 2.05) is 19.1 Å². The van der Waals surface area contributed by atoms with E-state index in [-0.39, 0.29) is 18.4 Å². The van der Waals surface area contributed by atoms with Crippen molar-refractivity contribution in [3.63, 3.8) is 0 Å². The van der Waals surface area contributed by atoms with Crippen molar-refractivity contribution in [2.24, 2.45) is 0 Å². The highest BCUT2D eigenvalue weighted by molar-refractivity contribution is 9.10. The van der Waals surface area contributed by atoms with Crippen LogP contribution in [-0.2, 0) is 4.79 Å². The summed E-state index contributed by atoms with van der Waals surface area (Å²) in [5.74, 6) is -0.248. The zero-order valence-electron chi connectivity index (χ0n) is 11.0. The molecule has 1 rings (SSSR count). The lowest BCUT2D eigenvalue weighted by Gasteiger charge is -2.20. The van der Waals surface area contributed by atoms with Gasteiger partial charge in [0.05, 0.1) is 6.54 Å². The summed E-state index contributed by atoms with van der Waals surface area (Å²) < 4.78 is 0.890. The van der Waals surface area contributed by atoms with Gasteiger partial charge < -0.3 is 9.80 Å². The van der Waals surface area contributed by atoms with Gasteiger partial charge >= 0.3 is 0 Å². The molecule has 18 heavy (non-hydrogen) atoms. The molecule has 2 amide bonds. The Bertz CT molecular complexity index is 472. The van der Waals surface area contributed by atoms with Crippen molar-refractivity contribution in [2.45, 2.75) is 6.92 Å². The fourth-order valence-corrected chi connectivity index (χ4v) is 1.83. The van der Waals surface area contributed by atoms with Crippen molar-refractivity contribution >= 4 is 27.7 Å². The van der Waals surface area contributed by atoms with E-state index in [1.54, 1.807) is 27.2 Å². The van der Waals surface area contributed by atoms with Crippen molar-refractivity contribution < 1.29 is 9.59 Å². The van der Waals surface area contributed by atoms with Gasteiger partial charge in [0, 0.05) is 31.2 Å². The van der Waals surface area contributed by atoms with Crippen LogP contribution in [0, 0.1) is 6.92 Å². The quantitative estimate of drug-likeness (QED) is 0.855. The van der Waals surface area contributed by atoms with E-state index in [0.717, 1.165) is 10.0 Å². The minimum Gasteiger partial charge on any atom is -0.347 e. The summed E-state index contributed by atoms with van der Waals surface area (Å²) in [7, 11) is 4.97. The van der Waals surface area contributed by atoms with Gasteiger partial charge in [-0.25, -0.2) is 0 Å². The van der Waals surface area contributed by atoms with Crippen LogP contribution in [0.15, 0.2) is 22.7 Å². The SMILES string of the molecule is Cc1c(Br)cccc1C(=O)N(C)CC(=O)N(C)C. The van der Waals surface area contributed by atoms with Gasteiger partial charge in [-0.15, -0.1) is 0 Å². The molecule has 0 fully saturated rings. The fourth-order valence-electron chi connectivity index (χ4n) is 1.46. The fraction of sp³-hybridized carbons (Fsp3) is 0.385. The molecule has 0 spiro atoms. The maximum absolute atomic E-state index is 12.2. The largest absolute Gasteiger partial charge is 0.347 e. The number of benzene rings is 1. The zero-order valence-corrected chi connectivity index (χ0v) is 12.6. The summed E-state index contributed by atoms with van der Waals surface area (Å²) in [6.45, 7) is 1.96. The van der Waals surface area contributed by atoms with Crippen LogP contribution in [0.5, 0.6) is 0 Å². The van der Waals surface area contributed by atoms with E-state index in [4.69, 9.17) is 0 Å². The van der Waals surface area contributed by atoms with Crippen LogP contribution in [0.2, 0.25) is 0 Å². The third-order valence-electron chi connectivity index (χ3n) is 2.72. The molecule has 0 saturated carbocycles. The number of carbonyl (C=O) groups is 2. The van der Waals surface area contributed by atoms with Crippen LogP contribution in [-0.4, -0.2) is 49.3 Å². The molecule has 0 aliphatic rings. The van der Waals surface area contributed by atoms with Gasteiger partial charge in [0.25, 0.3) is 5.91 Å². The summed E-state index contributed by atoms with van der Waals surface area (Å²) in [6.07, 6.45) is 0. The Balaban J connectivity index is 2.87. The first kappa shape index (κ1) is 14.7. The highest BCUT2D eigenvalue weighted by Gasteiger charge is 2.18. The molecule has 5 heteroatoms. The highest BCUT2D eigenvalue weighted by atomic mass is 79.9. The third kappa shape index (κ3) is 3.32. The molecular weight excluding hydrogens is 296 g/mol. The van der Waals surface area contributed by atoms with Crippen LogP contribution in [0.25, 0.3) is 0 Å². The van der Waals surface area contributed by atoms with Crippen LogP contribution in [0.1, 0.15) is 15.9 Å². The van der Waals surface area contributed by atoms with Gasteiger partial charge in [-0.1, -0.05) is 22.0 Å². The highest BCUT2D eigenvalue weighted by Crippen LogP contribution is 2.20. The van der Waals surface area contributed by atoms with Crippen LogP contribution >= 0.6 is 15.9 Å². The molecule has 0 aromatic heterocycles. The molecule has 0 atom stereocenters. The van der Waals surface area contributed by atoms with E-state index in [1.165, 1.54) is 9.80 Å². The Morgan fingerprint density at radius 2 is 1.83 bits per heavy atom. The average molecular weight is 313 g/mol. The molecule has 0 radical (unpaired) electrons. The smallest absolute Gasteiger partial charge is 0.254 e. The third-order valence-corrected chi connectivity index (χ3v) is 3.58. The van der Waals surface area contributed by atoms with Crippen LogP contribution < -0.4 is 0 Å². The van der Waals surface area contributed by atoms with Crippen molar-refractivity contribution in [1.29, 1.82) is 0 Å². The molecule has 0 N–H and O–H groups in total.